The Hall–Kier alpha value is -3.35. The van der Waals surface area contributed by atoms with E-state index in [9.17, 15) is 19.5 Å². The molecule has 0 aromatic heterocycles. The molecule has 0 aliphatic heterocycles. The molecule has 2 amide bonds. The van der Waals surface area contributed by atoms with E-state index >= 15 is 0 Å². The number of hydrogen-bond donors (Lipinski definition) is 3. The van der Waals surface area contributed by atoms with Crippen molar-refractivity contribution in [2.75, 3.05) is 6.61 Å². The molecule has 2 aliphatic rings. The number of carbonyl (C=O) groups is 3. The van der Waals surface area contributed by atoms with E-state index in [1.54, 1.807) is 0 Å². The van der Waals surface area contributed by atoms with Crippen molar-refractivity contribution in [3.8, 4) is 11.1 Å². The standard InChI is InChI=1S/C28H34N2O5/c1-17(2)26(27(33)29-24-14-8-3-9-18(24)15-25(31)32)30-28(34)35-16-23-21-12-6-4-10-19(21)20-11-5-7-13-22(20)23/h4-7,10-13,17-18,23-24,26H,3,8-9,14-16H2,1-2H3,(H,29,33)(H,30,34)(H,31,32)/t18-,24-,26?/m0/s1. The fraction of sp³-hybridized carbons (Fsp3) is 0.464. The summed E-state index contributed by atoms with van der Waals surface area (Å²) in [4.78, 5) is 37.1. The molecule has 0 saturated heterocycles. The summed E-state index contributed by atoms with van der Waals surface area (Å²) in [5.41, 5.74) is 4.56. The fourth-order valence-electron chi connectivity index (χ4n) is 5.44. The summed E-state index contributed by atoms with van der Waals surface area (Å²) in [5, 5.41) is 15.0. The van der Waals surface area contributed by atoms with Gasteiger partial charge in [0.25, 0.3) is 0 Å². The van der Waals surface area contributed by atoms with Crippen molar-refractivity contribution in [1.29, 1.82) is 0 Å². The molecule has 35 heavy (non-hydrogen) atoms. The zero-order valence-corrected chi connectivity index (χ0v) is 20.3. The first-order chi connectivity index (χ1) is 16.8. The molecule has 0 heterocycles. The Morgan fingerprint density at radius 1 is 0.971 bits per heavy atom. The highest BCUT2D eigenvalue weighted by atomic mass is 16.5. The Bertz CT molecular complexity index is 1040. The van der Waals surface area contributed by atoms with Gasteiger partial charge in [0.05, 0.1) is 6.42 Å². The maximum absolute atomic E-state index is 13.1. The van der Waals surface area contributed by atoms with Gasteiger partial charge in [-0.25, -0.2) is 4.79 Å². The molecule has 2 aromatic rings. The zero-order valence-electron chi connectivity index (χ0n) is 20.3. The van der Waals surface area contributed by atoms with Gasteiger partial charge in [-0.05, 0) is 46.9 Å². The van der Waals surface area contributed by atoms with Gasteiger partial charge in [-0.1, -0.05) is 75.2 Å². The number of ether oxygens (including phenoxy) is 1. The summed E-state index contributed by atoms with van der Waals surface area (Å²) in [6.07, 6.45) is 2.86. The summed E-state index contributed by atoms with van der Waals surface area (Å²) in [5.74, 6) is -1.45. The Labute approximate surface area is 206 Å². The number of aliphatic carboxylic acids is 1. The van der Waals surface area contributed by atoms with Gasteiger partial charge in [0.15, 0.2) is 0 Å². The van der Waals surface area contributed by atoms with E-state index in [4.69, 9.17) is 4.74 Å². The van der Waals surface area contributed by atoms with Crippen molar-refractivity contribution in [3.05, 3.63) is 59.7 Å². The summed E-state index contributed by atoms with van der Waals surface area (Å²) in [6.45, 7) is 3.91. The lowest BCUT2D eigenvalue weighted by Crippen LogP contribution is -2.54. The number of carbonyl (C=O) groups excluding carboxylic acids is 2. The van der Waals surface area contributed by atoms with Gasteiger partial charge in [0.2, 0.25) is 5.91 Å². The first kappa shape index (κ1) is 24.8. The summed E-state index contributed by atoms with van der Waals surface area (Å²) in [6, 6.07) is 15.3. The summed E-state index contributed by atoms with van der Waals surface area (Å²) in [7, 11) is 0. The lowest BCUT2D eigenvalue weighted by Gasteiger charge is -2.33. The topological polar surface area (TPSA) is 105 Å². The first-order valence-corrected chi connectivity index (χ1v) is 12.5. The monoisotopic (exact) mass is 478 g/mol. The number of rotatable bonds is 8. The molecule has 3 atom stereocenters. The van der Waals surface area contributed by atoms with Gasteiger partial charge in [-0.15, -0.1) is 0 Å². The molecule has 7 heteroatoms. The van der Waals surface area contributed by atoms with E-state index in [0.29, 0.717) is 0 Å². The first-order valence-electron chi connectivity index (χ1n) is 12.5. The van der Waals surface area contributed by atoms with Gasteiger partial charge in [-0.3, -0.25) is 9.59 Å². The van der Waals surface area contributed by atoms with Crippen LogP contribution in [0.25, 0.3) is 11.1 Å². The number of amides is 2. The molecule has 1 unspecified atom stereocenters. The van der Waals surface area contributed by atoms with Crippen molar-refractivity contribution in [1.82, 2.24) is 10.6 Å². The highest BCUT2D eigenvalue weighted by Gasteiger charge is 2.33. The molecule has 4 rings (SSSR count). The highest BCUT2D eigenvalue weighted by molar-refractivity contribution is 5.86. The molecular weight excluding hydrogens is 444 g/mol. The normalized spacial score (nSPS) is 20.0. The van der Waals surface area contributed by atoms with Gasteiger partial charge in [0.1, 0.15) is 12.6 Å². The Kier molecular flexibility index (Phi) is 7.73. The van der Waals surface area contributed by atoms with E-state index in [2.05, 4.69) is 34.9 Å². The maximum atomic E-state index is 13.1. The molecule has 186 valence electrons. The predicted molar refractivity (Wildman–Crippen MR) is 133 cm³/mol. The minimum Gasteiger partial charge on any atom is -0.481 e. The van der Waals surface area contributed by atoms with E-state index in [1.165, 1.54) is 0 Å². The molecule has 7 nitrogen and oxygen atoms in total. The van der Waals surface area contributed by atoms with E-state index in [0.717, 1.165) is 47.9 Å². The van der Waals surface area contributed by atoms with Crippen LogP contribution in [0.5, 0.6) is 0 Å². The van der Waals surface area contributed by atoms with E-state index < -0.39 is 18.1 Å². The van der Waals surface area contributed by atoms with Crippen LogP contribution in [-0.4, -0.2) is 41.8 Å². The van der Waals surface area contributed by atoms with Crippen LogP contribution in [0.2, 0.25) is 0 Å². The van der Waals surface area contributed by atoms with Gasteiger partial charge in [-0.2, -0.15) is 0 Å². The van der Waals surface area contributed by atoms with Crippen molar-refractivity contribution < 1.29 is 24.2 Å². The Morgan fingerprint density at radius 2 is 1.57 bits per heavy atom. The number of carboxylic acid groups (broad SMARTS) is 1. The van der Waals surface area contributed by atoms with Gasteiger partial charge < -0.3 is 20.5 Å². The predicted octanol–water partition coefficient (Wildman–Crippen LogP) is 4.70. The van der Waals surface area contributed by atoms with Crippen molar-refractivity contribution >= 4 is 18.0 Å². The number of benzene rings is 2. The third-order valence-electron chi connectivity index (χ3n) is 7.24. The third kappa shape index (κ3) is 5.66. The van der Waals surface area contributed by atoms with Crippen LogP contribution in [0.1, 0.15) is 63.0 Å². The van der Waals surface area contributed by atoms with Crippen LogP contribution in [0.4, 0.5) is 4.79 Å². The van der Waals surface area contributed by atoms with Crippen LogP contribution in [0, 0.1) is 11.8 Å². The Morgan fingerprint density at radius 3 is 2.17 bits per heavy atom. The molecule has 0 bridgehead atoms. The third-order valence-corrected chi connectivity index (χ3v) is 7.24. The summed E-state index contributed by atoms with van der Waals surface area (Å²) >= 11 is 0. The lowest BCUT2D eigenvalue weighted by atomic mass is 9.82. The minimum absolute atomic E-state index is 0.0388. The van der Waals surface area contributed by atoms with Crippen LogP contribution in [-0.2, 0) is 14.3 Å². The van der Waals surface area contributed by atoms with Crippen LogP contribution < -0.4 is 10.6 Å². The van der Waals surface area contributed by atoms with Crippen LogP contribution in [0.3, 0.4) is 0 Å². The second-order valence-corrected chi connectivity index (χ2v) is 9.95. The van der Waals surface area contributed by atoms with Crippen LogP contribution in [0.15, 0.2) is 48.5 Å². The SMILES string of the molecule is CC(C)C(NC(=O)OCC1c2ccccc2-c2ccccc21)C(=O)N[C@H]1CCCC[C@H]1CC(=O)O. The van der Waals surface area contributed by atoms with Gasteiger partial charge >= 0.3 is 12.1 Å². The largest absolute Gasteiger partial charge is 0.481 e. The number of nitrogens with one attached hydrogen (secondary N) is 2. The van der Waals surface area contributed by atoms with E-state index in [1.807, 2.05) is 38.1 Å². The number of hydrogen-bond acceptors (Lipinski definition) is 4. The number of carboxylic acids is 1. The average Bonchev–Trinajstić information content (AvgIpc) is 3.15. The molecule has 2 aromatic carbocycles. The zero-order chi connectivity index (χ0) is 24.9. The van der Waals surface area contributed by atoms with Crippen LogP contribution >= 0.6 is 0 Å². The fourth-order valence-corrected chi connectivity index (χ4v) is 5.44. The molecular formula is C28H34N2O5. The van der Waals surface area contributed by atoms with Gasteiger partial charge in [0, 0.05) is 12.0 Å². The molecule has 0 radical (unpaired) electrons. The Balaban J connectivity index is 1.38. The highest BCUT2D eigenvalue weighted by Crippen LogP contribution is 2.44. The molecule has 2 aliphatic carbocycles. The lowest BCUT2D eigenvalue weighted by molar-refractivity contribution is -0.139. The summed E-state index contributed by atoms with van der Waals surface area (Å²) < 4.78 is 5.63. The van der Waals surface area contributed by atoms with E-state index in [-0.39, 0.29) is 42.7 Å². The quantitative estimate of drug-likeness (QED) is 0.510. The number of fused-ring (bicyclic) bond motifs is 3. The van der Waals surface area contributed by atoms with Crippen molar-refractivity contribution in [2.45, 2.75) is 64.0 Å². The number of alkyl carbamates (subject to hydrolysis) is 1. The second-order valence-electron chi connectivity index (χ2n) is 9.95. The molecule has 0 spiro atoms. The molecule has 3 N–H and O–H groups in total. The minimum atomic E-state index is -0.853. The molecule has 1 saturated carbocycles. The van der Waals surface area contributed by atoms with Crippen molar-refractivity contribution in [2.24, 2.45) is 11.8 Å². The second kappa shape index (κ2) is 10.9. The smallest absolute Gasteiger partial charge is 0.407 e. The average molecular weight is 479 g/mol. The van der Waals surface area contributed by atoms with Crippen molar-refractivity contribution in [3.63, 3.8) is 0 Å². The molecule has 1 fully saturated rings. The maximum Gasteiger partial charge on any atom is 0.407 e.